The quantitative estimate of drug-likeness (QED) is 0.546. The van der Waals surface area contributed by atoms with Crippen molar-refractivity contribution in [3.05, 3.63) is 59.7 Å². The number of carbonyl (C=O) groups is 2. The van der Waals surface area contributed by atoms with E-state index in [1.165, 1.54) is 7.11 Å². The zero-order chi connectivity index (χ0) is 18.9. The molecule has 3 N–H and O–H groups in total. The molecule has 0 heterocycles. The van der Waals surface area contributed by atoms with Crippen LogP contribution >= 0.6 is 12.2 Å². The molecule has 1 amide bonds. The van der Waals surface area contributed by atoms with Gasteiger partial charge in [0.2, 0.25) is 5.91 Å². The number of hydrogen-bond donors (Lipinski definition) is 2. The SMILES string of the molecule is COC(=O)COc1ccc(NC(=O)CCc2ccc(C(N)=S)cc2)cc1. The molecule has 0 aliphatic carbocycles. The normalized spacial score (nSPS) is 10.0. The summed E-state index contributed by atoms with van der Waals surface area (Å²) in [5.74, 6) is -0.0262. The van der Waals surface area contributed by atoms with Gasteiger partial charge in [-0.1, -0.05) is 36.5 Å². The third-order valence-electron chi connectivity index (χ3n) is 3.60. The summed E-state index contributed by atoms with van der Waals surface area (Å²) in [6, 6.07) is 14.3. The fourth-order valence-corrected chi connectivity index (χ4v) is 2.29. The number of anilines is 1. The number of nitrogens with one attached hydrogen (secondary N) is 1. The van der Waals surface area contributed by atoms with Crippen LogP contribution < -0.4 is 15.8 Å². The lowest BCUT2D eigenvalue weighted by molar-refractivity contribution is -0.142. The maximum Gasteiger partial charge on any atom is 0.343 e. The van der Waals surface area contributed by atoms with Gasteiger partial charge in [0.15, 0.2) is 6.61 Å². The van der Waals surface area contributed by atoms with Crippen LogP contribution in [0.1, 0.15) is 17.5 Å². The highest BCUT2D eigenvalue weighted by Gasteiger charge is 2.05. The Bertz CT molecular complexity index is 773. The van der Waals surface area contributed by atoms with Gasteiger partial charge in [-0.3, -0.25) is 4.79 Å². The molecular weight excluding hydrogens is 352 g/mol. The van der Waals surface area contributed by atoms with E-state index in [4.69, 9.17) is 22.7 Å². The van der Waals surface area contributed by atoms with Crippen LogP contribution in [0.25, 0.3) is 0 Å². The predicted octanol–water partition coefficient (Wildman–Crippen LogP) is 2.44. The maximum atomic E-state index is 12.1. The largest absolute Gasteiger partial charge is 0.482 e. The minimum absolute atomic E-state index is 0.0911. The van der Waals surface area contributed by atoms with Gasteiger partial charge in [-0.2, -0.15) is 0 Å². The fourth-order valence-electron chi connectivity index (χ4n) is 2.15. The first-order chi connectivity index (χ1) is 12.5. The number of nitrogens with two attached hydrogens (primary N) is 1. The number of ether oxygens (including phenoxy) is 2. The van der Waals surface area contributed by atoms with Crippen molar-refractivity contribution in [2.45, 2.75) is 12.8 Å². The Kier molecular flexibility index (Phi) is 7.11. The molecule has 26 heavy (non-hydrogen) atoms. The van der Waals surface area contributed by atoms with Crippen LogP contribution in [0.5, 0.6) is 5.75 Å². The molecule has 0 aliphatic rings. The highest BCUT2D eigenvalue weighted by Crippen LogP contribution is 2.16. The first-order valence-corrected chi connectivity index (χ1v) is 8.37. The van der Waals surface area contributed by atoms with E-state index in [1.54, 1.807) is 24.3 Å². The highest BCUT2D eigenvalue weighted by molar-refractivity contribution is 7.80. The summed E-state index contributed by atoms with van der Waals surface area (Å²) in [5, 5.41) is 2.82. The number of hydrogen-bond acceptors (Lipinski definition) is 5. The molecule has 0 radical (unpaired) electrons. The summed E-state index contributed by atoms with van der Waals surface area (Å²) < 4.78 is 9.74. The minimum Gasteiger partial charge on any atom is -0.482 e. The van der Waals surface area contributed by atoms with Crippen LogP contribution in [0.3, 0.4) is 0 Å². The molecular formula is C19H20N2O4S. The second kappa shape index (κ2) is 9.53. The molecule has 2 aromatic rings. The van der Waals surface area contributed by atoms with Crippen LogP contribution in [0.15, 0.2) is 48.5 Å². The van der Waals surface area contributed by atoms with Gasteiger partial charge < -0.3 is 20.5 Å². The number of rotatable bonds is 8. The lowest BCUT2D eigenvalue weighted by Crippen LogP contribution is -2.13. The number of carbonyl (C=O) groups excluding carboxylic acids is 2. The van der Waals surface area contributed by atoms with Crippen molar-refractivity contribution in [1.82, 2.24) is 0 Å². The molecule has 0 aliphatic heterocycles. The summed E-state index contributed by atoms with van der Waals surface area (Å²) >= 11 is 4.91. The van der Waals surface area contributed by atoms with E-state index in [9.17, 15) is 9.59 Å². The Balaban J connectivity index is 1.80. The fraction of sp³-hybridized carbons (Fsp3) is 0.211. The maximum absolute atomic E-state index is 12.1. The third-order valence-corrected chi connectivity index (χ3v) is 3.84. The van der Waals surface area contributed by atoms with Gasteiger partial charge in [0.05, 0.1) is 7.11 Å². The van der Waals surface area contributed by atoms with Crippen molar-refractivity contribution >= 4 is 34.8 Å². The molecule has 2 aromatic carbocycles. The Labute approximate surface area is 157 Å². The van der Waals surface area contributed by atoms with E-state index in [0.717, 1.165) is 11.1 Å². The van der Waals surface area contributed by atoms with Crippen molar-refractivity contribution in [1.29, 1.82) is 0 Å². The molecule has 0 saturated heterocycles. The minimum atomic E-state index is -0.455. The zero-order valence-electron chi connectivity index (χ0n) is 14.4. The van der Waals surface area contributed by atoms with Crippen molar-refractivity contribution in [3.63, 3.8) is 0 Å². The second-order valence-corrected chi connectivity index (χ2v) is 5.94. The molecule has 0 fully saturated rings. The standard InChI is InChI=1S/C19H20N2O4S/c1-24-18(23)12-25-16-9-7-15(8-10-16)21-17(22)11-4-13-2-5-14(6-3-13)19(20)26/h2-3,5-10H,4,11-12H2,1H3,(H2,20,26)(H,21,22). The Morgan fingerprint density at radius 1 is 1.08 bits per heavy atom. The van der Waals surface area contributed by atoms with Crippen LogP contribution in [0.4, 0.5) is 5.69 Å². The van der Waals surface area contributed by atoms with Gasteiger partial charge in [0.25, 0.3) is 0 Å². The average Bonchev–Trinajstić information content (AvgIpc) is 2.65. The summed E-state index contributed by atoms with van der Waals surface area (Å²) in [6.07, 6.45) is 0.969. The first-order valence-electron chi connectivity index (χ1n) is 7.96. The molecule has 2 rings (SSSR count). The molecule has 0 spiro atoms. The van der Waals surface area contributed by atoms with E-state index in [0.29, 0.717) is 29.3 Å². The molecule has 7 heteroatoms. The summed E-state index contributed by atoms with van der Waals surface area (Å²) in [5.41, 5.74) is 8.06. The number of amides is 1. The van der Waals surface area contributed by atoms with Gasteiger partial charge in [-0.05, 0) is 36.2 Å². The van der Waals surface area contributed by atoms with Gasteiger partial charge in [-0.25, -0.2) is 4.79 Å². The number of aryl methyl sites for hydroxylation is 1. The number of esters is 1. The number of benzene rings is 2. The van der Waals surface area contributed by atoms with Gasteiger partial charge in [0.1, 0.15) is 10.7 Å². The summed E-state index contributed by atoms with van der Waals surface area (Å²) in [7, 11) is 1.30. The van der Waals surface area contributed by atoms with E-state index < -0.39 is 5.97 Å². The summed E-state index contributed by atoms with van der Waals surface area (Å²) in [4.78, 5) is 23.4. The van der Waals surface area contributed by atoms with Crippen LogP contribution in [-0.2, 0) is 20.7 Å². The van der Waals surface area contributed by atoms with Crippen LogP contribution in [0.2, 0.25) is 0 Å². The summed E-state index contributed by atoms with van der Waals surface area (Å²) in [6.45, 7) is -0.157. The van der Waals surface area contributed by atoms with E-state index in [2.05, 4.69) is 10.1 Å². The second-order valence-electron chi connectivity index (χ2n) is 5.50. The third kappa shape index (κ3) is 6.18. The smallest absolute Gasteiger partial charge is 0.343 e. The number of methoxy groups -OCH3 is 1. The molecule has 0 atom stereocenters. The Morgan fingerprint density at radius 2 is 1.73 bits per heavy atom. The van der Waals surface area contributed by atoms with Gasteiger partial charge in [0, 0.05) is 17.7 Å². The topological polar surface area (TPSA) is 90.6 Å². The van der Waals surface area contributed by atoms with E-state index in [-0.39, 0.29) is 12.5 Å². The van der Waals surface area contributed by atoms with Crippen molar-refractivity contribution < 1.29 is 19.1 Å². The van der Waals surface area contributed by atoms with Crippen molar-refractivity contribution in [3.8, 4) is 5.75 Å². The number of thiocarbonyl (C=S) groups is 1. The van der Waals surface area contributed by atoms with Crippen molar-refractivity contribution in [2.24, 2.45) is 5.73 Å². The first kappa shape index (κ1) is 19.4. The Hall–Kier alpha value is -2.93. The molecule has 136 valence electrons. The average molecular weight is 372 g/mol. The lowest BCUT2D eigenvalue weighted by Gasteiger charge is -2.08. The van der Waals surface area contributed by atoms with Gasteiger partial charge in [-0.15, -0.1) is 0 Å². The van der Waals surface area contributed by atoms with E-state index in [1.807, 2.05) is 24.3 Å². The zero-order valence-corrected chi connectivity index (χ0v) is 15.2. The van der Waals surface area contributed by atoms with Crippen LogP contribution in [0, 0.1) is 0 Å². The monoisotopic (exact) mass is 372 g/mol. The Morgan fingerprint density at radius 3 is 2.31 bits per heavy atom. The lowest BCUT2D eigenvalue weighted by atomic mass is 10.1. The molecule has 0 saturated carbocycles. The predicted molar refractivity (Wildman–Crippen MR) is 103 cm³/mol. The molecule has 6 nitrogen and oxygen atoms in total. The highest BCUT2D eigenvalue weighted by atomic mass is 32.1. The molecule has 0 aromatic heterocycles. The molecule has 0 unspecified atom stereocenters. The van der Waals surface area contributed by atoms with Crippen LogP contribution in [-0.4, -0.2) is 30.6 Å². The molecule has 0 bridgehead atoms. The van der Waals surface area contributed by atoms with E-state index >= 15 is 0 Å². The van der Waals surface area contributed by atoms with Crippen molar-refractivity contribution in [2.75, 3.05) is 19.0 Å². The van der Waals surface area contributed by atoms with Gasteiger partial charge >= 0.3 is 5.97 Å².